The van der Waals surface area contributed by atoms with Crippen molar-refractivity contribution in [1.82, 2.24) is 5.01 Å². The maximum Gasteiger partial charge on any atom is 0.303 e. The molecular weight excluding hydrogens is 364 g/mol. The van der Waals surface area contributed by atoms with E-state index in [2.05, 4.69) is 18.2 Å². The van der Waals surface area contributed by atoms with Gasteiger partial charge in [-0.2, -0.15) is 5.10 Å². The molecule has 0 N–H and O–H groups in total. The Morgan fingerprint density at radius 2 is 1.79 bits per heavy atom. The van der Waals surface area contributed by atoms with Crippen LogP contribution in [0.15, 0.2) is 71.3 Å². The Labute approximate surface area is 170 Å². The average molecular weight is 388 g/mol. The zero-order valence-corrected chi connectivity index (χ0v) is 16.5. The van der Waals surface area contributed by atoms with Crippen LogP contribution in [0.5, 0.6) is 0 Å². The Morgan fingerprint density at radius 3 is 2.48 bits per heavy atom. The fraction of sp³-hybridized carbons (Fsp3) is 0.292. The first-order valence-corrected chi connectivity index (χ1v) is 9.98. The molecule has 2 aromatic rings. The molecule has 0 radical (unpaired) electrons. The lowest BCUT2D eigenvalue weighted by atomic mass is 9.77. The van der Waals surface area contributed by atoms with Crippen molar-refractivity contribution in [2.75, 3.05) is 6.61 Å². The predicted molar refractivity (Wildman–Crippen MR) is 112 cm³/mol. The Morgan fingerprint density at radius 1 is 1.10 bits per heavy atom. The number of carbonyl (C=O) groups is 2. The fourth-order valence-corrected chi connectivity index (χ4v) is 4.17. The van der Waals surface area contributed by atoms with E-state index in [1.807, 2.05) is 48.5 Å². The van der Waals surface area contributed by atoms with E-state index >= 15 is 0 Å². The minimum atomic E-state index is -0.469. The van der Waals surface area contributed by atoms with Gasteiger partial charge < -0.3 is 4.74 Å². The van der Waals surface area contributed by atoms with Crippen LogP contribution in [-0.2, 0) is 14.3 Å². The fourth-order valence-electron chi connectivity index (χ4n) is 4.17. The Hall–Kier alpha value is -3.21. The molecule has 0 unspecified atom stereocenters. The van der Waals surface area contributed by atoms with Gasteiger partial charge in [0, 0.05) is 12.8 Å². The van der Waals surface area contributed by atoms with Crippen LogP contribution >= 0.6 is 0 Å². The number of amides is 1. The Balaban J connectivity index is 1.70. The molecule has 1 saturated carbocycles. The highest BCUT2D eigenvalue weighted by atomic mass is 16.5. The maximum absolute atomic E-state index is 12.9. The number of carbonyl (C=O) groups excluding carboxylic acids is 2. The first-order valence-electron chi connectivity index (χ1n) is 9.98. The number of hydrazone groups is 1. The van der Waals surface area contributed by atoms with E-state index in [-0.39, 0.29) is 24.5 Å². The molecule has 0 bridgehead atoms. The molecule has 0 aromatic heterocycles. The highest BCUT2D eigenvalue weighted by Crippen LogP contribution is 2.44. The van der Waals surface area contributed by atoms with Gasteiger partial charge in [0.1, 0.15) is 0 Å². The third kappa shape index (κ3) is 4.14. The van der Waals surface area contributed by atoms with Crippen molar-refractivity contribution in [3.63, 3.8) is 0 Å². The third-order valence-corrected chi connectivity index (χ3v) is 5.44. The second kappa shape index (κ2) is 8.43. The van der Waals surface area contributed by atoms with E-state index in [0.717, 1.165) is 36.1 Å². The van der Waals surface area contributed by atoms with Crippen LogP contribution in [0.3, 0.4) is 0 Å². The first-order chi connectivity index (χ1) is 14.1. The van der Waals surface area contributed by atoms with Crippen LogP contribution in [0.4, 0.5) is 0 Å². The van der Waals surface area contributed by atoms with Crippen LogP contribution in [0.25, 0.3) is 6.08 Å². The van der Waals surface area contributed by atoms with Crippen LogP contribution in [-0.4, -0.2) is 29.2 Å². The van der Waals surface area contributed by atoms with Gasteiger partial charge in [-0.05, 0) is 42.0 Å². The van der Waals surface area contributed by atoms with Gasteiger partial charge >= 0.3 is 5.97 Å². The quantitative estimate of drug-likeness (QED) is 0.731. The average Bonchev–Trinajstić information content (AvgIpc) is 3.14. The van der Waals surface area contributed by atoms with Crippen molar-refractivity contribution in [1.29, 1.82) is 0 Å². The monoisotopic (exact) mass is 388 g/mol. The summed E-state index contributed by atoms with van der Waals surface area (Å²) in [5.74, 6) is -0.624. The third-order valence-electron chi connectivity index (χ3n) is 5.44. The SMILES string of the molecule is CC(=O)OCC(=O)N1N=C2/C(=C/c3ccccc3)CCC[C@H]2[C@@H]1c1ccccc1. The molecule has 2 atom stereocenters. The van der Waals surface area contributed by atoms with Crippen LogP contribution < -0.4 is 0 Å². The van der Waals surface area contributed by atoms with E-state index in [0.29, 0.717) is 0 Å². The molecule has 0 saturated heterocycles. The summed E-state index contributed by atoms with van der Waals surface area (Å²) in [6, 6.07) is 20.0. The molecule has 2 aliphatic rings. The lowest BCUT2D eigenvalue weighted by molar-refractivity contribution is -0.151. The summed E-state index contributed by atoms with van der Waals surface area (Å²) in [7, 11) is 0. The summed E-state index contributed by atoms with van der Waals surface area (Å²) in [5.41, 5.74) is 4.33. The van der Waals surface area contributed by atoms with E-state index in [1.54, 1.807) is 0 Å². The van der Waals surface area contributed by atoms with Crippen molar-refractivity contribution in [3.8, 4) is 0 Å². The second-order valence-electron chi connectivity index (χ2n) is 7.44. The molecule has 148 valence electrons. The smallest absolute Gasteiger partial charge is 0.303 e. The lowest BCUT2D eigenvalue weighted by Crippen LogP contribution is -2.34. The minimum Gasteiger partial charge on any atom is -0.456 e. The zero-order chi connectivity index (χ0) is 20.2. The number of hydrogen-bond acceptors (Lipinski definition) is 4. The number of hydrogen-bond donors (Lipinski definition) is 0. The summed E-state index contributed by atoms with van der Waals surface area (Å²) >= 11 is 0. The second-order valence-corrected chi connectivity index (χ2v) is 7.44. The maximum atomic E-state index is 12.9. The van der Waals surface area contributed by atoms with Gasteiger partial charge in [-0.15, -0.1) is 0 Å². The first kappa shape index (κ1) is 19.1. The summed E-state index contributed by atoms with van der Waals surface area (Å²) in [5, 5.41) is 6.29. The number of allylic oxidation sites excluding steroid dienone is 1. The minimum absolute atomic E-state index is 0.141. The normalized spacial score (nSPS) is 22.2. The van der Waals surface area contributed by atoms with Gasteiger partial charge in [-0.25, -0.2) is 5.01 Å². The van der Waals surface area contributed by atoms with Gasteiger partial charge in [0.2, 0.25) is 0 Å². The molecule has 5 heteroatoms. The molecule has 2 aromatic carbocycles. The van der Waals surface area contributed by atoms with Crippen molar-refractivity contribution in [2.45, 2.75) is 32.2 Å². The van der Waals surface area contributed by atoms with Crippen molar-refractivity contribution in [3.05, 3.63) is 77.4 Å². The predicted octanol–water partition coefficient (Wildman–Crippen LogP) is 4.37. The van der Waals surface area contributed by atoms with Gasteiger partial charge in [0.25, 0.3) is 5.91 Å². The summed E-state index contributed by atoms with van der Waals surface area (Å²) in [4.78, 5) is 24.0. The number of rotatable bonds is 4. The molecule has 1 aliphatic carbocycles. The highest BCUT2D eigenvalue weighted by molar-refractivity contribution is 6.08. The Bertz CT molecular complexity index is 951. The number of benzene rings is 2. The zero-order valence-electron chi connectivity index (χ0n) is 16.5. The van der Waals surface area contributed by atoms with Crippen LogP contribution in [0, 0.1) is 5.92 Å². The van der Waals surface area contributed by atoms with Crippen LogP contribution in [0.2, 0.25) is 0 Å². The van der Waals surface area contributed by atoms with Gasteiger partial charge in [0.15, 0.2) is 6.61 Å². The van der Waals surface area contributed by atoms with E-state index < -0.39 is 5.97 Å². The van der Waals surface area contributed by atoms with Crippen molar-refractivity contribution >= 4 is 23.7 Å². The molecule has 29 heavy (non-hydrogen) atoms. The summed E-state index contributed by atoms with van der Waals surface area (Å²) < 4.78 is 4.96. The molecule has 5 nitrogen and oxygen atoms in total. The summed E-state index contributed by atoms with van der Waals surface area (Å²) in [6.07, 6.45) is 5.14. The van der Waals surface area contributed by atoms with Crippen LogP contribution in [0.1, 0.15) is 43.4 Å². The topological polar surface area (TPSA) is 59.0 Å². The molecule has 1 fully saturated rings. The number of fused-ring (bicyclic) bond motifs is 1. The lowest BCUT2D eigenvalue weighted by Gasteiger charge is -2.29. The molecular formula is C24H24N2O3. The van der Waals surface area contributed by atoms with Crippen molar-refractivity contribution in [2.24, 2.45) is 11.0 Å². The van der Waals surface area contributed by atoms with E-state index in [1.165, 1.54) is 17.5 Å². The molecule has 1 aliphatic heterocycles. The number of nitrogens with zero attached hydrogens (tertiary/aromatic N) is 2. The van der Waals surface area contributed by atoms with Crippen molar-refractivity contribution < 1.29 is 14.3 Å². The highest BCUT2D eigenvalue weighted by Gasteiger charge is 2.43. The number of ether oxygens (including phenoxy) is 1. The van der Waals surface area contributed by atoms with Gasteiger partial charge in [-0.1, -0.05) is 60.7 Å². The molecule has 1 heterocycles. The number of esters is 1. The van der Waals surface area contributed by atoms with Gasteiger partial charge in [-0.3, -0.25) is 9.59 Å². The summed E-state index contributed by atoms with van der Waals surface area (Å²) in [6.45, 7) is 1.01. The van der Waals surface area contributed by atoms with E-state index in [9.17, 15) is 9.59 Å². The Kier molecular flexibility index (Phi) is 5.56. The standard InChI is InChI=1S/C24H24N2O3/c1-17(27)29-16-22(28)26-24(19-11-6-3-7-12-19)21-14-8-13-20(23(21)25-26)15-18-9-4-2-5-10-18/h2-7,9-12,15,21,24H,8,13-14,16H2,1H3/b20-15+/t21-,24+/m1/s1. The molecule has 1 amide bonds. The van der Waals surface area contributed by atoms with Gasteiger partial charge in [0.05, 0.1) is 11.8 Å². The largest absolute Gasteiger partial charge is 0.456 e. The molecule has 0 spiro atoms. The molecule has 4 rings (SSSR count). The van der Waals surface area contributed by atoms with E-state index in [4.69, 9.17) is 9.84 Å².